The molecule has 3 rings (SSSR count). The summed E-state index contributed by atoms with van der Waals surface area (Å²) in [6, 6.07) is -0.462. The van der Waals surface area contributed by atoms with Crippen LogP contribution in [0.15, 0.2) is 11.4 Å². The van der Waals surface area contributed by atoms with E-state index in [1.165, 1.54) is 6.33 Å². The van der Waals surface area contributed by atoms with Crippen molar-refractivity contribution < 1.29 is 9.84 Å². The van der Waals surface area contributed by atoms with Crippen molar-refractivity contribution in [2.24, 2.45) is 5.11 Å². The SMILES string of the molecule is [N-]=[N+]=NC1C[C@H](n2cnc3nc(N)nc(Cl)c32)O[C@@H]1CO. The molecule has 0 radical (unpaired) electrons. The molecule has 1 aliphatic heterocycles. The van der Waals surface area contributed by atoms with Gasteiger partial charge in [-0.3, -0.25) is 4.57 Å². The zero-order chi connectivity index (χ0) is 15.0. The highest BCUT2D eigenvalue weighted by atomic mass is 35.5. The van der Waals surface area contributed by atoms with E-state index in [0.29, 0.717) is 17.6 Å². The lowest BCUT2D eigenvalue weighted by molar-refractivity contribution is -0.0230. The molecule has 11 heteroatoms. The number of aliphatic hydroxyl groups is 1. The van der Waals surface area contributed by atoms with Gasteiger partial charge < -0.3 is 15.6 Å². The Labute approximate surface area is 123 Å². The third kappa shape index (κ3) is 2.34. The molecule has 3 atom stereocenters. The average Bonchev–Trinajstić information content (AvgIpc) is 3.02. The number of ether oxygens (including phenoxy) is 1. The van der Waals surface area contributed by atoms with Crippen LogP contribution in [0.5, 0.6) is 0 Å². The molecule has 0 amide bonds. The van der Waals surface area contributed by atoms with Crippen LogP contribution < -0.4 is 5.73 Å². The van der Waals surface area contributed by atoms with Crippen LogP contribution in [0.25, 0.3) is 21.6 Å². The first-order valence-corrected chi connectivity index (χ1v) is 6.48. The first kappa shape index (κ1) is 13.8. The Kier molecular flexibility index (Phi) is 3.52. The van der Waals surface area contributed by atoms with E-state index in [2.05, 4.69) is 25.0 Å². The minimum Gasteiger partial charge on any atom is -0.394 e. The van der Waals surface area contributed by atoms with Crippen LogP contribution in [0, 0.1) is 0 Å². The zero-order valence-electron chi connectivity index (χ0n) is 10.7. The van der Waals surface area contributed by atoms with Crippen LogP contribution in [-0.4, -0.2) is 43.4 Å². The van der Waals surface area contributed by atoms with Crippen LogP contribution in [0.1, 0.15) is 12.6 Å². The highest BCUT2D eigenvalue weighted by Gasteiger charge is 2.36. The number of azide groups is 1. The molecule has 3 heterocycles. The quantitative estimate of drug-likeness (QED) is 0.374. The minimum absolute atomic E-state index is 0.0327. The molecule has 1 unspecified atom stereocenters. The van der Waals surface area contributed by atoms with Gasteiger partial charge >= 0.3 is 0 Å². The number of aromatic nitrogens is 4. The van der Waals surface area contributed by atoms with Crippen LogP contribution in [0.2, 0.25) is 5.15 Å². The average molecular weight is 311 g/mol. The van der Waals surface area contributed by atoms with E-state index in [9.17, 15) is 5.11 Å². The van der Waals surface area contributed by atoms with Crippen molar-refractivity contribution in [3.63, 3.8) is 0 Å². The number of imidazole rings is 1. The topological polar surface area (TPSA) is 148 Å². The molecule has 0 aromatic carbocycles. The lowest BCUT2D eigenvalue weighted by Crippen LogP contribution is -2.22. The van der Waals surface area contributed by atoms with Crippen LogP contribution in [0.4, 0.5) is 5.95 Å². The van der Waals surface area contributed by atoms with E-state index < -0.39 is 18.4 Å². The van der Waals surface area contributed by atoms with Gasteiger partial charge in [-0.25, -0.2) is 4.98 Å². The summed E-state index contributed by atoms with van der Waals surface area (Å²) in [6.07, 6.45) is 0.841. The largest absolute Gasteiger partial charge is 0.394 e. The Hall–Kier alpha value is -2.13. The van der Waals surface area contributed by atoms with Crippen LogP contribution in [-0.2, 0) is 4.74 Å². The standard InChI is InChI=1S/C10H11ClN8O2/c11-8-7-9(16-10(12)15-8)14-3-19(7)6-1-4(17-18-13)5(2-20)21-6/h3-6,20H,1-2H2,(H2,12,15,16)/t4?,5-,6-/m1/s1. The van der Waals surface area contributed by atoms with Gasteiger partial charge in [-0.05, 0) is 5.53 Å². The third-order valence-electron chi connectivity index (χ3n) is 3.30. The van der Waals surface area contributed by atoms with Gasteiger partial charge in [0.05, 0.1) is 25.1 Å². The molecule has 0 spiro atoms. The minimum atomic E-state index is -0.572. The fraction of sp³-hybridized carbons (Fsp3) is 0.500. The fourth-order valence-corrected chi connectivity index (χ4v) is 2.64. The zero-order valence-corrected chi connectivity index (χ0v) is 11.4. The summed E-state index contributed by atoms with van der Waals surface area (Å²) in [7, 11) is 0. The summed E-state index contributed by atoms with van der Waals surface area (Å²) in [5, 5.41) is 13.1. The van der Waals surface area contributed by atoms with Crippen molar-refractivity contribution >= 4 is 28.7 Å². The Balaban J connectivity index is 2.00. The highest BCUT2D eigenvalue weighted by Crippen LogP contribution is 2.34. The van der Waals surface area contributed by atoms with E-state index in [1.807, 2.05) is 0 Å². The number of nitrogens with two attached hydrogens (primary N) is 1. The lowest BCUT2D eigenvalue weighted by atomic mass is 10.1. The monoisotopic (exact) mass is 310 g/mol. The number of aliphatic hydroxyl groups excluding tert-OH is 1. The molecule has 3 N–H and O–H groups in total. The van der Waals surface area contributed by atoms with E-state index in [0.717, 1.165) is 0 Å². The second-order valence-corrected chi connectivity index (χ2v) is 4.87. The Morgan fingerprint density at radius 2 is 2.43 bits per heavy atom. The third-order valence-corrected chi connectivity index (χ3v) is 3.56. The predicted octanol–water partition coefficient (Wildman–Crippen LogP) is 1.02. The summed E-state index contributed by atoms with van der Waals surface area (Å²) >= 11 is 6.08. The second-order valence-electron chi connectivity index (χ2n) is 4.52. The summed E-state index contributed by atoms with van der Waals surface area (Å²) in [6.45, 7) is -0.246. The fourth-order valence-electron chi connectivity index (χ4n) is 2.38. The molecule has 0 aliphatic carbocycles. The lowest BCUT2D eigenvalue weighted by Gasteiger charge is -2.14. The van der Waals surface area contributed by atoms with Gasteiger partial charge in [0.2, 0.25) is 5.95 Å². The number of anilines is 1. The van der Waals surface area contributed by atoms with Crippen molar-refractivity contribution in [1.29, 1.82) is 0 Å². The van der Waals surface area contributed by atoms with Crippen LogP contribution >= 0.6 is 11.6 Å². The number of rotatable bonds is 3. The van der Waals surface area contributed by atoms with Crippen molar-refractivity contribution in [1.82, 2.24) is 19.5 Å². The number of fused-ring (bicyclic) bond motifs is 1. The van der Waals surface area contributed by atoms with Gasteiger partial charge in [-0.1, -0.05) is 16.7 Å². The van der Waals surface area contributed by atoms with Gasteiger partial charge in [0.1, 0.15) is 11.7 Å². The Morgan fingerprint density at radius 1 is 1.62 bits per heavy atom. The normalized spacial score (nSPS) is 25.1. The van der Waals surface area contributed by atoms with E-state index >= 15 is 0 Å². The molecule has 110 valence electrons. The van der Waals surface area contributed by atoms with Gasteiger partial charge in [0.15, 0.2) is 10.8 Å². The van der Waals surface area contributed by atoms with Crippen molar-refractivity contribution in [2.75, 3.05) is 12.3 Å². The van der Waals surface area contributed by atoms with Gasteiger partial charge in [0, 0.05) is 11.3 Å². The van der Waals surface area contributed by atoms with Crippen LogP contribution in [0.3, 0.4) is 0 Å². The number of hydrogen-bond donors (Lipinski definition) is 2. The molecule has 2 aromatic rings. The molecule has 21 heavy (non-hydrogen) atoms. The molecule has 10 nitrogen and oxygen atoms in total. The molecule has 1 saturated heterocycles. The maximum atomic E-state index is 9.28. The number of nitrogen functional groups attached to an aromatic ring is 1. The molecule has 1 aliphatic rings. The maximum Gasteiger partial charge on any atom is 0.223 e. The predicted molar refractivity (Wildman–Crippen MR) is 73.3 cm³/mol. The van der Waals surface area contributed by atoms with Crippen molar-refractivity contribution in [2.45, 2.75) is 24.8 Å². The van der Waals surface area contributed by atoms with Gasteiger partial charge in [0.25, 0.3) is 0 Å². The van der Waals surface area contributed by atoms with Gasteiger partial charge in [-0.2, -0.15) is 9.97 Å². The van der Waals surface area contributed by atoms with Crippen molar-refractivity contribution in [3.8, 4) is 0 Å². The van der Waals surface area contributed by atoms with E-state index in [1.54, 1.807) is 4.57 Å². The Bertz CT molecular complexity index is 727. The molecular weight excluding hydrogens is 300 g/mol. The molecule has 1 fully saturated rings. The summed E-state index contributed by atoms with van der Waals surface area (Å²) in [5.74, 6) is 0.0327. The van der Waals surface area contributed by atoms with Gasteiger partial charge in [-0.15, -0.1) is 0 Å². The number of nitrogens with zero attached hydrogens (tertiary/aromatic N) is 7. The summed E-state index contributed by atoms with van der Waals surface area (Å²) < 4.78 is 7.32. The maximum absolute atomic E-state index is 9.28. The first-order chi connectivity index (χ1) is 10.1. The number of hydrogen-bond acceptors (Lipinski definition) is 7. The molecular formula is C10H11ClN8O2. The summed E-state index contributed by atoms with van der Waals surface area (Å²) in [4.78, 5) is 14.7. The first-order valence-electron chi connectivity index (χ1n) is 6.10. The van der Waals surface area contributed by atoms with E-state index in [-0.39, 0.29) is 17.7 Å². The Morgan fingerprint density at radius 3 is 3.14 bits per heavy atom. The molecule has 2 aromatic heterocycles. The van der Waals surface area contributed by atoms with Crippen molar-refractivity contribution in [3.05, 3.63) is 21.9 Å². The molecule has 0 saturated carbocycles. The highest BCUT2D eigenvalue weighted by molar-refractivity contribution is 6.33. The van der Waals surface area contributed by atoms with E-state index in [4.69, 9.17) is 27.6 Å². The molecule has 0 bridgehead atoms. The summed E-state index contributed by atoms with van der Waals surface area (Å²) in [5.41, 5.74) is 14.9. The second kappa shape index (κ2) is 5.34. The number of halogens is 1. The smallest absolute Gasteiger partial charge is 0.223 e.